The van der Waals surface area contributed by atoms with E-state index in [0.717, 1.165) is 35.6 Å². The highest BCUT2D eigenvalue weighted by Crippen LogP contribution is 2.18. The van der Waals surface area contributed by atoms with Crippen molar-refractivity contribution in [1.29, 1.82) is 0 Å². The van der Waals surface area contributed by atoms with Crippen LogP contribution >= 0.6 is 11.5 Å². The molecule has 0 bridgehead atoms. The van der Waals surface area contributed by atoms with Gasteiger partial charge in [0.05, 0.1) is 17.9 Å². The standard InChI is InChI=1S/C16H16N4O2S/c1-2-6-13-14(23-20-19-13)15(21)17-9-12-10-22-16(18-12)11-7-4-3-5-8-11/h3-5,7-8,10H,2,6,9H2,1H3,(H,17,21). The summed E-state index contributed by atoms with van der Waals surface area (Å²) < 4.78 is 9.31. The average molecular weight is 328 g/mol. The molecule has 1 aromatic carbocycles. The summed E-state index contributed by atoms with van der Waals surface area (Å²) in [6, 6.07) is 9.63. The number of carbonyl (C=O) groups is 1. The molecule has 2 aromatic heterocycles. The van der Waals surface area contributed by atoms with Gasteiger partial charge in [-0.05, 0) is 30.1 Å². The second-order valence-corrected chi connectivity index (χ2v) is 5.75. The quantitative estimate of drug-likeness (QED) is 0.752. The van der Waals surface area contributed by atoms with Crippen LogP contribution in [0.3, 0.4) is 0 Å². The van der Waals surface area contributed by atoms with E-state index in [1.807, 2.05) is 37.3 Å². The largest absolute Gasteiger partial charge is 0.444 e. The van der Waals surface area contributed by atoms with Gasteiger partial charge in [0.25, 0.3) is 5.91 Å². The molecule has 3 aromatic rings. The molecule has 0 aliphatic heterocycles. The van der Waals surface area contributed by atoms with Crippen LogP contribution in [0.1, 0.15) is 34.4 Å². The van der Waals surface area contributed by atoms with Crippen molar-refractivity contribution in [3.8, 4) is 11.5 Å². The Morgan fingerprint density at radius 3 is 2.91 bits per heavy atom. The molecule has 0 aliphatic rings. The fourth-order valence-electron chi connectivity index (χ4n) is 2.13. The number of hydrogen-bond donors (Lipinski definition) is 1. The molecule has 2 heterocycles. The number of aromatic nitrogens is 3. The van der Waals surface area contributed by atoms with Gasteiger partial charge in [0.2, 0.25) is 5.89 Å². The molecule has 23 heavy (non-hydrogen) atoms. The number of carbonyl (C=O) groups excluding carboxylic acids is 1. The maximum atomic E-state index is 12.2. The van der Waals surface area contributed by atoms with Gasteiger partial charge in [-0.15, -0.1) is 5.10 Å². The number of nitrogens with zero attached hydrogens (tertiary/aromatic N) is 3. The lowest BCUT2D eigenvalue weighted by Crippen LogP contribution is -2.23. The Bertz CT molecular complexity index is 782. The molecule has 1 N–H and O–H groups in total. The van der Waals surface area contributed by atoms with Crippen LogP contribution < -0.4 is 5.32 Å². The first-order chi connectivity index (χ1) is 11.3. The van der Waals surface area contributed by atoms with E-state index in [1.54, 1.807) is 6.26 Å². The van der Waals surface area contributed by atoms with Gasteiger partial charge < -0.3 is 9.73 Å². The van der Waals surface area contributed by atoms with Crippen molar-refractivity contribution in [2.75, 3.05) is 0 Å². The maximum absolute atomic E-state index is 12.2. The van der Waals surface area contributed by atoms with E-state index in [9.17, 15) is 4.79 Å². The molecule has 0 fully saturated rings. The summed E-state index contributed by atoms with van der Waals surface area (Å²) in [7, 11) is 0. The molecule has 6 nitrogen and oxygen atoms in total. The Hall–Kier alpha value is -2.54. The SMILES string of the molecule is CCCc1nnsc1C(=O)NCc1coc(-c2ccccc2)n1. The minimum atomic E-state index is -0.173. The normalized spacial score (nSPS) is 10.7. The van der Waals surface area contributed by atoms with E-state index in [-0.39, 0.29) is 5.91 Å². The topological polar surface area (TPSA) is 80.9 Å². The molecule has 118 valence electrons. The van der Waals surface area contributed by atoms with Gasteiger partial charge in [0.15, 0.2) is 0 Å². The van der Waals surface area contributed by atoms with Crippen LogP contribution in [0.25, 0.3) is 11.5 Å². The first kappa shape index (κ1) is 15.4. The van der Waals surface area contributed by atoms with Crippen LogP contribution in [0.4, 0.5) is 0 Å². The summed E-state index contributed by atoms with van der Waals surface area (Å²) in [5.41, 5.74) is 2.33. The van der Waals surface area contributed by atoms with Gasteiger partial charge in [-0.1, -0.05) is 36.0 Å². The van der Waals surface area contributed by atoms with Crippen LogP contribution in [-0.4, -0.2) is 20.5 Å². The third kappa shape index (κ3) is 3.62. The van der Waals surface area contributed by atoms with Crippen molar-refractivity contribution in [2.45, 2.75) is 26.3 Å². The van der Waals surface area contributed by atoms with Gasteiger partial charge in [0.1, 0.15) is 11.1 Å². The van der Waals surface area contributed by atoms with Crippen molar-refractivity contribution in [1.82, 2.24) is 19.9 Å². The van der Waals surface area contributed by atoms with Gasteiger partial charge in [0, 0.05) is 5.56 Å². The van der Waals surface area contributed by atoms with Crippen LogP contribution in [0, 0.1) is 0 Å². The van der Waals surface area contributed by atoms with Crippen LogP contribution in [-0.2, 0) is 13.0 Å². The fraction of sp³-hybridized carbons (Fsp3) is 0.250. The maximum Gasteiger partial charge on any atom is 0.265 e. The third-order valence-electron chi connectivity index (χ3n) is 3.25. The molecular formula is C16H16N4O2S. The molecule has 0 atom stereocenters. The summed E-state index contributed by atoms with van der Waals surface area (Å²) in [5, 5.41) is 6.83. The van der Waals surface area contributed by atoms with E-state index in [4.69, 9.17) is 4.42 Å². The lowest BCUT2D eigenvalue weighted by Gasteiger charge is -2.01. The Balaban J connectivity index is 1.63. The van der Waals surface area contributed by atoms with E-state index >= 15 is 0 Å². The minimum Gasteiger partial charge on any atom is -0.444 e. The summed E-state index contributed by atoms with van der Waals surface area (Å²) in [5.74, 6) is 0.369. The van der Waals surface area contributed by atoms with Crippen LogP contribution in [0.15, 0.2) is 41.0 Å². The molecular weight excluding hydrogens is 312 g/mol. The average Bonchev–Trinajstić information content (AvgIpc) is 3.23. The predicted octanol–water partition coefficient (Wildman–Crippen LogP) is 3.08. The molecule has 1 amide bonds. The minimum absolute atomic E-state index is 0.173. The molecule has 0 radical (unpaired) electrons. The van der Waals surface area contributed by atoms with Gasteiger partial charge >= 0.3 is 0 Å². The smallest absolute Gasteiger partial charge is 0.265 e. The molecule has 7 heteroatoms. The van der Waals surface area contributed by atoms with Gasteiger partial charge in [-0.25, -0.2) is 4.98 Å². The highest BCUT2D eigenvalue weighted by Gasteiger charge is 2.16. The van der Waals surface area contributed by atoms with Gasteiger partial charge in [-0.3, -0.25) is 4.79 Å². The number of oxazole rings is 1. The highest BCUT2D eigenvalue weighted by atomic mass is 32.1. The zero-order valence-corrected chi connectivity index (χ0v) is 13.5. The van der Waals surface area contributed by atoms with E-state index in [2.05, 4.69) is 19.9 Å². The molecule has 0 saturated heterocycles. The van der Waals surface area contributed by atoms with Crippen molar-refractivity contribution >= 4 is 17.4 Å². The zero-order chi connectivity index (χ0) is 16.1. The number of nitrogens with one attached hydrogen (secondary N) is 1. The molecule has 0 aliphatic carbocycles. The predicted molar refractivity (Wildman–Crippen MR) is 87.0 cm³/mol. The van der Waals surface area contributed by atoms with E-state index < -0.39 is 0 Å². The molecule has 3 rings (SSSR count). The Morgan fingerprint density at radius 2 is 2.13 bits per heavy atom. The lowest BCUT2D eigenvalue weighted by molar-refractivity contribution is 0.0953. The van der Waals surface area contributed by atoms with Crippen molar-refractivity contribution in [3.05, 3.63) is 52.9 Å². The lowest BCUT2D eigenvalue weighted by atomic mass is 10.2. The highest BCUT2D eigenvalue weighted by molar-refractivity contribution is 7.08. The van der Waals surface area contributed by atoms with Crippen molar-refractivity contribution in [2.24, 2.45) is 0 Å². The van der Waals surface area contributed by atoms with E-state index in [1.165, 1.54) is 0 Å². The number of hydrogen-bond acceptors (Lipinski definition) is 6. The summed E-state index contributed by atoms with van der Waals surface area (Å²) in [4.78, 5) is 17.2. The van der Waals surface area contributed by atoms with Crippen molar-refractivity contribution in [3.63, 3.8) is 0 Å². The zero-order valence-electron chi connectivity index (χ0n) is 12.7. The number of rotatable bonds is 6. The van der Waals surface area contributed by atoms with Crippen LogP contribution in [0.5, 0.6) is 0 Å². The van der Waals surface area contributed by atoms with E-state index in [0.29, 0.717) is 23.0 Å². The Morgan fingerprint density at radius 1 is 1.30 bits per heavy atom. The fourth-order valence-corrected chi connectivity index (χ4v) is 2.76. The summed E-state index contributed by atoms with van der Waals surface area (Å²) >= 11 is 1.12. The second kappa shape index (κ2) is 7.15. The van der Waals surface area contributed by atoms with Gasteiger partial charge in [-0.2, -0.15) is 0 Å². The summed E-state index contributed by atoms with van der Waals surface area (Å²) in [6.45, 7) is 2.35. The number of amides is 1. The molecule has 0 spiro atoms. The Kier molecular flexibility index (Phi) is 4.77. The second-order valence-electron chi connectivity index (χ2n) is 4.99. The third-order valence-corrected chi connectivity index (χ3v) is 4.02. The molecule has 0 saturated carbocycles. The first-order valence-corrected chi connectivity index (χ1v) is 8.14. The van der Waals surface area contributed by atoms with Crippen LogP contribution in [0.2, 0.25) is 0 Å². The summed E-state index contributed by atoms with van der Waals surface area (Å²) in [6.07, 6.45) is 3.23. The number of aryl methyl sites for hydroxylation is 1. The Labute approximate surface area is 137 Å². The first-order valence-electron chi connectivity index (χ1n) is 7.37. The monoisotopic (exact) mass is 328 g/mol. The number of benzene rings is 1. The molecule has 0 unspecified atom stereocenters. The van der Waals surface area contributed by atoms with Crippen molar-refractivity contribution < 1.29 is 9.21 Å².